The lowest BCUT2D eigenvalue weighted by atomic mass is 9.86. The summed E-state index contributed by atoms with van der Waals surface area (Å²) in [7, 11) is 0. The second kappa shape index (κ2) is 7.03. The predicted octanol–water partition coefficient (Wildman–Crippen LogP) is 3.08. The molecular weight excluding hydrogens is 408 g/mol. The van der Waals surface area contributed by atoms with Crippen molar-refractivity contribution >= 4 is 16.9 Å². The molecule has 7 nitrogen and oxygen atoms in total. The Morgan fingerprint density at radius 2 is 2.03 bits per heavy atom. The highest BCUT2D eigenvalue weighted by Gasteiger charge is 2.45. The summed E-state index contributed by atoms with van der Waals surface area (Å²) in [6.07, 6.45) is 3.04. The number of ether oxygens (including phenoxy) is 1. The van der Waals surface area contributed by atoms with Gasteiger partial charge in [0.2, 0.25) is 0 Å². The molecule has 0 saturated heterocycles. The number of aliphatic hydroxyl groups is 1. The van der Waals surface area contributed by atoms with E-state index in [0.29, 0.717) is 41.9 Å². The number of carbonyl (C=O) groups excluding carboxylic acids is 1. The van der Waals surface area contributed by atoms with Gasteiger partial charge in [0.15, 0.2) is 5.60 Å². The van der Waals surface area contributed by atoms with Gasteiger partial charge in [-0.1, -0.05) is 19.9 Å². The highest BCUT2D eigenvalue weighted by molar-refractivity contribution is 5.92. The molecule has 32 heavy (non-hydrogen) atoms. The summed E-state index contributed by atoms with van der Waals surface area (Å²) in [5, 5.41) is 22.4. The number of hydrogen-bond acceptors (Lipinski definition) is 6. The molecule has 2 aliphatic heterocycles. The first-order chi connectivity index (χ1) is 15.3. The van der Waals surface area contributed by atoms with Gasteiger partial charge in [0.25, 0.3) is 5.56 Å². The Hall–Kier alpha value is -3.45. The zero-order chi connectivity index (χ0) is 22.8. The Morgan fingerprint density at radius 1 is 1.25 bits per heavy atom. The maximum atomic E-state index is 13.4. The summed E-state index contributed by atoms with van der Waals surface area (Å²) >= 11 is 0. The molecule has 1 aromatic carbocycles. The highest BCUT2D eigenvalue weighted by atomic mass is 16.6. The van der Waals surface area contributed by atoms with Gasteiger partial charge in [-0.05, 0) is 43.0 Å². The molecule has 1 atom stereocenters. The molecule has 0 aliphatic carbocycles. The van der Waals surface area contributed by atoms with E-state index in [1.165, 1.54) is 0 Å². The molecule has 4 heterocycles. The molecule has 2 aliphatic rings. The Balaban J connectivity index is 1.84. The molecule has 5 rings (SSSR count). The number of pyridine rings is 2. The minimum absolute atomic E-state index is 0.101. The zero-order valence-corrected chi connectivity index (χ0v) is 18.1. The van der Waals surface area contributed by atoms with E-state index in [2.05, 4.69) is 6.58 Å². The Labute approximate surface area is 184 Å². The van der Waals surface area contributed by atoms with E-state index >= 15 is 0 Å². The number of esters is 1. The average Bonchev–Trinajstić information content (AvgIpc) is 3.16. The normalized spacial score (nSPS) is 18.8. The molecule has 2 N–H and O–H groups in total. The molecular formula is C25H24N2O5. The molecule has 0 radical (unpaired) electrons. The van der Waals surface area contributed by atoms with Gasteiger partial charge in [0.05, 0.1) is 29.0 Å². The molecule has 3 aromatic rings. The maximum absolute atomic E-state index is 13.4. The number of phenols is 1. The summed E-state index contributed by atoms with van der Waals surface area (Å²) in [5.41, 5.74) is 3.16. The average molecular weight is 432 g/mol. The smallest absolute Gasteiger partial charge is 0.343 e. The maximum Gasteiger partial charge on any atom is 0.343 e. The number of rotatable bonds is 4. The number of nitrogens with zero attached hydrogens (tertiary/aromatic N) is 2. The zero-order valence-electron chi connectivity index (χ0n) is 18.1. The fraction of sp³-hybridized carbons (Fsp3) is 0.320. The number of carbonyl (C=O) groups is 1. The third-order valence-corrected chi connectivity index (χ3v) is 6.75. The standard InChI is InChI=1S/C25H24N2O5/c1-4-7-14-20(28)9-8-18-21(14)13(5-2)15-11-27-19(22(15)26-18)10-17-16(23(27)29)12-32-24(30)25(17,31)6-3/h4,8-10,28,31H,1,5-7,11-12H2,2-3H3/t25-/m0/s1. The van der Waals surface area contributed by atoms with Crippen LogP contribution in [0.4, 0.5) is 0 Å². The fourth-order valence-corrected chi connectivity index (χ4v) is 5.07. The van der Waals surface area contributed by atoms with Gasteiger partial charge in [-0.25, -0.2) is 9.78 Å². The summed E-state index contributed by atoms with van der Waals surface area (Å²) in [5.74, 6) is -0.541. The number of fused-ring (bicyclic) bond motifs is 5. The van der Waals surface area contributed by atoms with Crippen molar-refractivity contribution in [3.8, 4) is 17.1 Å². The van der Waals surface area contributed by atoms with Gasteiger partial charge in [-0.15, -0.1) is 6.58 Å². The first-order valence-electron chi connectivity index (χ1n) is 10.8. The van der Waals surface area contributed by atoms with Crippen LogP contribution in [0.3, 0.4) is 0 Å². The summed E-state index contributed by atoms with van der Waals surface area (Å²) in [6, 6.07) is 5.12. The van der Waals surface area contributed by atoms with E-state index < -0.39 is 11.6 Å². The second-order valence-electron chi connectivity index (χ2n) is 8.32. The van der Waals surface area contributed by atoms with Crippen molar-refractivity contribution in [3.63, 3.8) is 0 Å². The summed E-state index contributed by atoms with van der Waals surface area (Å²) < 4.78 is 6.77. The number of aromatic nitrogens is 2. The van der Waals surface area contributed by atoms with Crippen molar-refractivity contribution in [3.05, 3.63) is 69.0 Å². The molecule has 2 aromatic heterocycles. The number of cyclic esters (lactones) is 1. The number of phenolic OH excluding ortho intramolecular Hbond substituents is 1. The number of hydrogen-bond donors (Lipinski definition) is 2. The monoisotopic (exact) mass is 432 g/mol. The second-order valence-corrected chi connectivity index (χ2v) is 8.32. The van der Waals surface area contributed by atoms with Gasteiger partial charge in [0, 0.05) is 22.1 Å². The van der Waals surface area contributed by atoms with Crippen LogP contribution in [0.15, 0.2) is 35.6 Å². The summed E-state index contributed by atoms with van der Waals surface area (Å²) in [6.45, 7) is 7.71. The summed E-state index contributed by atoms with van der Waals surface area (Å²) in [4.78, 5) is 30.6. The lowest BCUT2D eigenvalue weighted by Crippen LogP contribution is -2.44. The Morgan fingerprint density at radius 3 is 2.72 bits per heavy atom. The lowest BCUT2D eigenvalue weighted by Gasteiger charge is -2.31. The van der Waals surface area contributed by atoms with Gasteiger partial charge < -0.3 is 19.5 Å². The third kappa shape index (κ3) is 2.54. The van der Waals surface area contributed by atoms with Crippen LogP contribution in [0.25, 0.3) is 22.3 Å². The van der Waals surface area contributed by atoms with Crippen molar-refractivity contribution in [2.75, 3.05) is 0 Å². The van der Waals surface area contributed by atoms with Crippen LogP contribution >= 0.6 is 0 Å². The van der Waals surface area contributed by atoms with Crippen LogP contribution in [0.2, 0.25) is 0 Å². The first kappa shape index (κ1) is 20.5. The molecule has 7 heteroatoms. The molecule has 0 fully saturated rings. The SMILES string of the molecule is C=CCc1c(O)ccc2nc3c(c(CC)c12)Cn1c-3cc2c(c1=O)COC(=O)[C@]2(O)CC. The highest BCUT2D eigenvalue weighted by Crippen LogP contribution is 2.41. The Bertz CT molecular complexity index is 1390. The largest absolute Gasteiger partial charge is 0.508 e. The molecule has 0 amide bonds. The van der Waals surface area contributed by atoms with Crippen LogP contribution in [-0.2, 0) is 41.1 Å². The Kier molecular flexibility index (Phi) is 4.49. The van der Waals surface area contributed by atoms with Crippen LogP contribution < -0.4 is 5.56 Å². The van der Waals surface area contributed by atoms with Crippen molar-refractivity contribution in [2.45, 2.75) is 51.9 Å². The van der Waals surface area contributed by atoms with Gasteiger partial charge in [-0.3, -0.25) is 4.79 Å². The van der Waals surface area contributed by atoms with Crippen LogP contribution in [0.1, 0.15) is 48.1 Å². The minimum atomic E-state index is -1.85. The number of benzene rings is 1. The molecule has 0 unspecified atom stereocenters. The number of aromatic hydroxyl groups is 1. The third-order valence-electron chi connectivity index (χ3n) is 6.75. The van der Waals surface area contributed by atoms with Crippen molar-refractivity contribution < 1.29 is 19.7 Å². The van der Waals surface area contributed by atoms with Crippen LogP contribution in [-0.4, -0.2) is 25.7 Å². The van der Waals surface area contributed by atoms with E-state index in [0.717, 1.165) is 27.6 Å². The fourth-order valence-electron chi connectivity index (χ4n) is 5.07. The van der Waals surface area contributed by atoms with E-state index in [-0.39, 0.29) is 24.3 Å². The van der Waals surface area contributed by atoms with Gasteiger partial charge in [-0.2, -0.15) is 0 Å². The van der Waals surface area contributed by atoms with Gasteiger partial charge in [0.1, 0.15) is 12.4 Å². The van der Waals surface area contributed by atoms with Crippen molar-refractivity contribution in [2.24, 2.45) is 0 Å². The number of aryl methyl sites for hydroxylation is 1. The first-order valence-corrected chi connectivity index (χ1v) is 10.8. The minimum Gasteiger partial charge on any atom is -0.508 e. The number of allylic oxidation sites excluding steroid dienone is 1. The van der Waals surface area contributed by atoms with E-state index in [1.54, 1.807) is 35.8 Å². The molecule has 164 valence electrons. The molecule has 0 saturated carbocycles. The van der Waals surface area contributed by atoms with E-state index in [4.69, 9.17) is 9.72 Å². The van der Waals surface area contributed by atoms with Crippen molar-refractivity contribution in [1.82, 2.24) is 9.55 Å². The van der Waals surface area contributed by atoms with E-state index in [9.17, 15) is 19.8 Å². The quantitative estimate of drug-likeness (QED) is 0.380. The topological polar surface area (TPSA) is 102 Å². The van der Waals surface area contributed by atoms with Gasteiger partial charge >= 0.3 is 5.97 Å². The molecule has 0 spiro atoms. The van der Waals surface area contributed by atoms with E-state index in [1.807, 2.05) is 6.92 Å². The lowest BCUT2D eigenvalue weighted by molar-refractivity contribution is -0.172. The van der Waals surface area contributed by atoms with Crippen LogP contribution in [0.5, 0.6) is 5.75 Å². The molecule has 0 bridgehead atoms. The van der Waals surface area contributed by atoms with Crippen molar-refractivity contribution in [1.29, 1.82) is 0 Å². The van der Waals surface area contributed by atoms with Crippen LogP contribution in [0, 0.1) is 0 Å². The predicted molar refractivity (Wildman–Crippen MR) is 119 cm³/mol.